The third-order valence-corrected chi connectivity index (χ3v) is 5.74. The molecule has 1 amide bonds. The fraction of sp³-hybridized carbons (Fsp3) is 0.381. The first-order chi connectivity index (χ1) is 13.4. The van der Waals surface area contributed by atoms with Gasteiger partial charge in [-0.15, -0.1) is 0 Å². The Balaban J connectivity index is 1.81. The second-order valence-electron chi connectivity index (χ2n) is 7.65. The van der Waals surface area contributed by atoms with E-state index in [0.29, 0.717) is 6.54 Å². The number of aromatic hydroxyl groups is 1. The first kappa shape index (κ1) is 18.3. The standard InChI is InChI=1S/C21H24N4O3/c1-14-5-6-15-7-10-25(16(15)11-14)21(8-3-4-9-21)13-24-12-17(26)19(27)18(23-24)20(28)22-2/h5-7,10-12,26H,3-4,8-9,13H2,1-2H3,(H,22,28). The summed E-state index contributed by atoms with van der Waals surface area (Å²) >= 11 is 0. The predicted octanol–water partition coefficient (Wildman–Crippen LogP) is 2.54. The normalized spacial score (nSPS) is 15.8. The second kappa shape index (κ2) is 6.82. The second-order valence-corrected chi connectivity index (χ2v) is 7.65. The average molecular weight is 380 g/mol. The van der Waals surface area contributed by atoms with Crippen LogP contribution in [0.5, 0.6) is 5.75 Å². The number of aromatic nitrogens is 3. The van der Waals surface area contributed by atoms with Crippen molar-refractivity contribution in [2.24, 2.45) is 0 Å². The summed E-state index contributed by atoms with van der Waals surface area (Å²) in [6.07, 6.45) is 7.56. The van der Waals surface area contributed by atoms with Gasteiger partial charge in [0, 0.05) is 18.8 Å². The zero-order chi connectivity index (χ0) is 19.9. The topological polar surface area (TPSA) is 89.2 Å². The lowest BCUT2D eigenvalue weighted by Gasteiger charge is -2.33. The molecule has 1 aromatic carbocycles. The molecule has 1 aliphatic rings. The van der Waals surface area contributed by atoms with E-state index in [4.69, 9.17) is 0 Å². The first-order valence-electron chi connectivity index (χ1n) is 9.54. The molecule has 7 heteroatoms. The highest BCUT2D eigenvalue weighted by molar-refractivity contribution is 5.92. The molecule has 1 fully saturated rings. The first-order valence-corrected chi connectivity index (χ1v) is 9.54. The van der Waals surface area contributed by atoms with E-state index in [1.165, 1.54) is 34.4 Å². The van der Waals surface area contributed by atoms with Crippen molar-refractivity contribution >= 4 is 16.8 Å². The number of hydrogen-bond acceptors (Lipinski definition) is 4. The number of carbonyl (C=O) groups is 1. The van der Waals surface area contributed by atoms with Gasteiger partial charge in [-0.1, -0.05) is 25.0 Å². The fourth-order valence-corrected chi connectivity index (χ4v) is 4.33. The molecule has 1 aliphatic carbocycles. The van der Waals surface area contributed by atoms with Gasteiger partial charge in [0.05, 0.1) is 18.3 Å². The molecule has 2 heterocycles. The number of nitrogens with zero attached hydrogens (tertiary/aromatic N) is 3. The van der Waals surface area contributed by atoms with E-state index < -0.39 is 17.1 Å². The van der Waals surface area contributed by atoms with Gasteiger partial charge >= 0.3 is 0 Å². The summed E-state index contributed by atoms with van der Waals surface area (Å²) in [4.78, 5) is 24.1. The highest BCUT2D eigenvalue weighted by Crippen LogP contribution is 2.40. The van der Waals surface area contributed by atoms with Crippen molar-refractivity contribution in [3.63, 3.8) is 0 Å². The van der Waals surface area contributed by atoms with Crippen molar-refractivity contribution in [2.75, 3.05) is 7.05 Å². The van der Waals surface area contributed by atoms with Gasteiger partial charge in [-0.05, 0) is 42.8 Å². The summed E-state index contributed by atoms with van der Waals surface area (Å²) < 4.78 is 3.84. The van der Waals surface area contributed by atoms with Crippen molar-refractivity contribution < 1.29 is 9.90 Å². The van der Waals surface area contributed by atoms with E-state index in [0.717, 1.165) is 25.7 Å². The third kappa shape index (κ3) is 2.96. The molecular weight excluding hydrogens is 356 g/mol. The molecule has 0 spiro atoms. The molecule has 1 saturated carbocycles. The van der Waals surface area contributed by atoms with E-state index in [-0.39, 0.29) is 11.2 Å². The van der Waals surface area contributed by atoms with E-state index in [1.807, 2.05) is 0 Å². The van der Waals surface area contributed by atoms with Gasteiger partial charge in [0.1, 0.15) is 0 Å². The lowest BCUT2D eigenvalue weighted by Crippen LogP contribution is -2.37. The predicted molar refractivity (Wildman–Crippen MR) is 107 cm³/mol. The van der Waals surface area contributed by atoms with Crippen LogP contribution in [0.15, 0.2) is 41.5 Å². The number of amides is 1. The number of rotatable bonds is 4. The highest BCUT2D eigenvalue weighted by atomic mass is 16.3. The summed E-state index contributed by atoms with van der Waals surface area (Å²) in [5.74, 6) is -1.06. The molecule has 0 aliphatic heterocycles. The van der Waals surface area contributed by atoms with Crippen LogP contribution < -0.4 is 10.7 Å². The van der Waals surface area contributed by atoms with Crippen LogP contribution in [0.3, 0.4) is 0 Å². The Morgan fingerprint density at radius 2 is 2.04 bits per heavy atom. The highest BCUT2D eigenvalue weighted by Gasteiger charge is 2.37. The number of aryl methyl sites for hydroxylation is 1. The summed E-state index contributed by atoms with van der Waals surface area (Å²) in [5.41, 5.74) is 1.10. The molecule has 2 aromatic heterocycles. The maximum Gasteiger partial charge on any atom is 0.275 e. The quantitative estimate of drug-likeness (QED) is 0.728. The van der Waals surface area contributed by atoms with Crippen molar-refractivity contribution in [1.82, 2.24) is 19.7 Å². The van der Waals surface area contributed by atoms with Crippen molar-refractivity contribution in [1.29, 1.82) is 0 Å². The van der Waals surface area contributed by atoms with Crippen LogP contribution in [-0.4, -0.2) is 32.4 Å². The lowest BCUT2D eigenvalue weighted by atomic mass is 9.96. The van der Waals surface area contributed by atoms with Crippen LogP contribution >= 0.6 is 0 Å². The molecule has 2 N–H and O–H groups in total. The SMILES string of the molecule is CNC(=O)c1nn(CC2(n3ccc4ccc(C)cc43)CCCC2)cc(O)c1=O. The molecule has 146 valence electrons. The Morgan fingerprint density at radius 3 is 2.75 bits per heavy atom. The molecule has 28 heavy (non-hydrogen) atoms. The maximum atomic E-state index is 12.1. The number of fused-ring (bicyclic) bond motifs is 1. The van der Waals surface area contributed by atoms with Gasteiger partial charge in [0.15, 0.2) is 11.4 Å². The van der Waals surface area contributed by atoms with Crippen molar-refractivity contribution in [2.45, 2.75) is 44.7 Å². The molecule has 7 nitrogen and oxygen atoms in total. The van der Waals surface area contributed by atoms with Crippen LogP contribution in [0.2, 0.25) is 0 Å². The molecule has 0 bridgehead atoms. The molecule has 0 saturated heterocycles. The van der Waals surface area contributed by atoms with Crippen LogP contribution in [0.1, 0.15) is 41.7 Å². The molecule has 0 radical (unpaired) electrons. The molecule has 0 unspecified atom stereocenters. The van der Waals surface area contributed by atoms with E-state index in [9.17, 15) is 14.7 Å². The molecular formula is C21H24N4O3. The van der Waals surface area contributed by atoms with Crippen LogP contribution in [0.4, 0.5) is 0 Å². The average Bonchev–Trinajstić information content (AvgIpc) is 3.31. The number of nitrogens with one attached hydrogen (secondary N) is 1. The Labute approximate surface area is 162 Å². The van der Waals surface area contributed by atoms with E-state index >= 15 is 0 Å². The minimum absolute atomic E-state index is 0.218. The Hall–Kier alpha value is -3.09. The van der Waals surface area contributed by atoms with Crippen LogP contribution in [0.25, 0.3) is 10.9 Å². The Kier molecular flexibility index (Phi) is 4.45. The fourth-order valence-electron chi connectivity index (χ4n) is 4.33. The molecule has 0 atom stereocenters. The number of benzene rings is 1. The van der Waals surface area contributed by atoms with Gasteiger partial charge in [-0.3, -0.25) is 14.3 Å². The van der Waals surface area contributed by atoms with Gasteiger partial charge in [0.2, 0.25) is 0 Å². The molecule has 4 rings (SSSR count). The van der Waals surface area contributed by atoms with Crippen LogP contribution in [-0.2, 0) is 12.1 Å². The van der Waals surface area contributed by atoms with Crippen molar-refractivity contribution in [3.05, 3.63) is 58.1 Å². The number of hydrogen-bond donors (Lipinski definition) is 2. The van der Waals surface area contributed by atoms with Crippen LogP contribution in [0, 0.1) is 6.92 Å². The zero-order valence-corrected chi connectivity index (χ0v) is 16.1. The van der Waals surface area contributed by atoms with Crippen molar-refractivity contribution in [3.8, 4) is 5.75 Å². The van der Waals surface area contributed by atoms with E-state index in [1.54, 1.807) is 0 Å². The van der Waals surface area contributed by atoms with Gasteiger partial charge < -0.3 is 15.0 Å². The summed E-state index contributed by atoms with van der Waals surface area (Å²) in [5, 5.41) is 17.9. The Bertz CT molecular complexity index is 1110. The molecule has 3 aromatic rings. The summed E-state index contributed by atoms with van der Waals surface area (Å²) in [6.45, 7) is 2.55. The largest absolute Gasteiger partial charge is 0.503 e. The smallest absolute Gasteiger partial charge is 0.275 e. The Morgan fingerprint density at radius 1 is 1.29 bits per heavy atom. The summed E-state index contributed by atoms with van der Waals surface area (Å²) in [6, 6.07) is 8.52. The van der Waals surface area contributed by atoms with Gasteiger partial charge in [0.25, 0.3) is 11.3 Å². The summed E-state index contributed by atoms with van der Waals surface area (Å²) in [7, 11) is 1.44. The zero-order valence-electron chi connectivity index (χ0n) is 16.1. The third-order valence-electron chi connectivity index (χ3n) is 5.74. The van der Waals surface area contributed by atoms with Gasteiger partial charge in [-0.2, -0.15) is 5.10 Å². The monoisotopic (exact) mass is 380 g/mol. The minimum Gasteiger partial charge on any atom is -0.503 e. The number of carbonyl (C=O) groups excluding carboxylic acids is 1. The minimum atomic E-state index is -0.752. The maximum absolute atomic E-state index is 12.1. The lowest BCUT2D eigenvalue weighted by molar-refractivity contribution is 0.0952. The van der Waals surface area contributed by atoms with E-state index in [2.05, 4.69) is 52.4 Å². The van der Waals surface area contributed by atoms with Gasteiger partial charge in [-0.25, -0.2) is 0 Å².